The zero-order valence-corrected chi connectivity index (χ0v) is 12.4. The summed E-state index contributed by atoms with van der Waals surface area (Å²) in [5, 5.41) is 2.84. The van der Waals surface area contributed by atoms with Crippen LogP contribution < -0.4 is 5.32 Å². The van der Waals surface area contributed by atoms with Gasteiger partial charge in [0, 0.05) is 30.1 Å². The molecule has 0 bridgehead atoms. The second-order valence-corrected chi connectivity index (χ2v) is 5.85. The van der Waals surface area contributed by atoms with Crippen molar-refractivity contribution in [1.82, 2.24) is 14.3 Å². The SMILES string of the molecule is O=C(Nc1nc(-c2ccccc2)ns1)N1CCCC(F)(F)C1. The maximum absolute atomic E-state index is 13.3. The average molecular weight is 324 g/mol. The minimum Gasteiger partial charge on any atom is -0.318 e. The van der Waals surface area contributed by atoms with E-state index in [4.69, 9.17) is 0 Å². The van der Waals surface area contributed by atoms with Crippen molar-refractivity contribution in [3.63, 3.8) is 0 Å². The molecule has 0 unspecified atom stereocenters. The lowest BCUT2D eigenvalue weighted by Crippen LogP contribution is -2.47. The fourth-order valence-electron chi connectivity index (χ4n) is 2.29. The number of nitrogens with zero attached hydrogens (tertiary/aromatic N) is 3. The van der Waals surface area contributed by atoms with Crippen molar-refractivity contribution in [2.75, 3.05) is 18.4 Å². The molecule has 0 spiro atoms. The molecule has 22 heavy (non-hydrogen) atoms. The fourth-order valence-corrected chi connectivity index (χ4v) is 2.87. The van der Waals surface area contributed by atoms with Crippen molar-refractivity contribution < 1.29 is 13.6 Å². The Balaban J connectivity index is 1.66. The molecule has 5 nitrogen and oxygen atoms in total. The molecule has 8 heteroatoms. The van der Waals surface area contributed by atoms with Gasteiger partial charge in [0.05, 0.1) is 6.54 Å². The van der Waals surface area contributed by atoms with Crippen LogP contribution in [-0.2, 0) is 0 Å². The van der Waals surface area contributed by atoms with Gasteiger partial charge >= 0.3 is 6.03 Å². The number of aromatic nitrogens is 2. The Labute approximate surface area is 130 Å². The summed E-state index contributed by atoms with van der Waals surface area (Å²) in [6.45, 7) is -0.227. The monoisotopic (exact) mass is 324 g/mol. The van der Waals surface area contributed by atoms with E-state index in [1.54, 1.807) is 0 Å². The Bertz CT molecular complexity index is 662. The number of likely N-dealkylation sites (tertiary alicyclic amines) is 1. The van der Waals surface area contributed by atoms with E-state index < -0.39 is 18.5 Å². The maximum atomic E-state index is 13.3. The van der Waals surface area contributed by atoms with E-state index in [0.717, 1.165) is 22.0 Å². The molecule has 2 heterocycles. The normalized spacial score (nSPS) is 17.3. The number of amides is 2. The molecule has 0 radical (unpaired) electrons. The van der Waals surface area contributed by atoms with Crippen LogP contribution >= 0.6 is 11.5 Å². The topological polar surface area (TPSA) is 58.1 Å². The third kappa shape index (κ3) is 3.38. The number of benzene rings is 1. The van der Waals surface area contributed by atoms with Crippen LogP contribution in [0.1, 0.15) is 12.8 Å². The first kappa shape index (κ1) is 14.8. The van der Waals surface area contributed by atoms with Crippen LogP contribution in [-0.4, -0.2) is 39.3 Å². The summed E-state index contributed by atoms with van der Waals surface area (Å²) in [5.41, 5.74) is 0.837. The van der Waals surface area contributed by atoms with Gasteiger partial charge in [0.25, 0.3) is 5.92 Å². The molecule has 116 valence electrons. The van der Waals surface area contributed by atoms with Gasteiger partial charge in [-0.05, 0) is 6.42 Å². The number of halogens is 2. The Hall–Kier alpha value is -2.09. The number of hydrogen-bond acceptors (Lipinski definition) is 4. The molecule has 1 aliphatic heterocycles. The highest BCUT2D eigenvalue weighted by atomic mass is 32.1. The highest BCUT2D eigenvalue weighted by Crippen LogP contribution is 2.27. The summed E-state index contributed by atoms with van der Waals surface area (Å²) in [6, 6.07) is 8.77. The Kier molecular flexibility index (Phi) is 4.02. The predicted octanol–water partition coefficient (Wildman–Crippen LogP) is 3.47. The van der Waals surface area contributed by atoms with Crippen molar-refractivity contribution in [2.45, 2.75) is 18.8 Å². The van der Waals surface area contributed by atoms with Crippen LogP contribution in [0.3, 0.4) is 0 Å². The quantitative estimate of drug-likeness (QED) is 0.920. The Morgan fingerprint density at radius 3 is 2.82 bits per heavy atom. The first-order chi connectivity index (χ1) is 10.5. The lowest BCUT2D eigenvalue weighted by molar-refractivity contribution is -0.0510. The first-order valence-corrected chi connectivity index (χ1v) is 7.64. The number of nitrogens with one attached hydrogen (secondary N) is 1. The smallest absolute Gasteiger partial charge is 0.318 e. The summed E-state index contributed by atoms with van der Waals surface area (Å²) in [6.07, 6.45) is 0.125. The first-order valence-electron chi connectivity index (χ1n) is 6.86. The van der Waals surface area contributed by atoms with E-state index in [-0.39, 0.29) is 6.42 Å². The minimum absolute atomic E-state index is 0.173. The third-order valence-electron chi connectivity index (χ3n) is 3.35. The van der Waals surface area contributed by atoms with Crippen LogP contribution in [0.25, 0.3) is 11.4 Å². The Morgan fingerprint density at radius 1 is 1.32 bits per heavy atom. The molecular weight excluding hydrogens is 310 g/mol. The number of carbonyl (C=O) groups is 1. The number of urea groups is 1. The molecule has 1 aromatic carbocycles. The van der Waals surface area contributed by atoms with Gasteiger partial charge in [-0.25, -0.2) is 13.6 Å². The molecule has 0 aliphatic carbocycles. The molecule has 0 saturated carbocycles. The molecule has 1 aliphatic rings. The van der Waals surface area contributed by atoms with Crippen molar-refractivity contribution in [1.29, 1.82) is 0 Å². The number of anilines is 1. The Morgan fingerprint density at radius 2 is 2.09 bits per heavy atom. The number of rotatable bonds is 2. The zero-order valence-electron chi connectivity index (χ0n) is 11.6. The van der Waals surface area contributed by atoms with Gasteiger partial charge in [-0.1, -0.05) is 30.3 Å². The molecule has 2 amide bonds. The van der Waals surface area contributed by atoms with Gasteiger partial charge < -0.3 is 4.90 Å². The van der Waals surface area contributed by atoms with Crippen molar-refractivity contribution >= 4 is 22.7 Å². The van der Waals surface area contributed by atoms with Crippen LogP contribution in [0.5, 0.6) is 0 Å². The lowest BCUT2D eigenvalue weighted by atomic mass is 10.1. The third-order valence-corrected chi connectivity index (χ3v) is 3.98. The van der Waals surface area contributed by atoms with E-state index in [0.29, 0.717) is 23.9 Å². The van der Waals surface area contributed by atoms with Crippen LogP contribution in [0.4, 0.5) is 18.7 Å². The second kappa shape index (κ2) is 5.96. The van der Waals surface area contributed by atoms with Crippen LogP contribution in [0.15, 0.2) is 30.3 Å². The fraction of sp³-hybridized carbons (Fsp3) is 0.357. The van der Waals surface area contributed by atoms with Gasteiger partial charge in [0.1, 0.15) is 0 Å². The molecule has 1 saturated heterocycles. The summed E-state index contributed by atoms with van der Waals surface area (Å²) in [7, 11) is 0. The average Bonchev–Trinajstić information content (AvgIpc) is 2.95. The van der Waals surface area contributed by atoms with E-state index in [1.807, 2.05) is 30.3 Å². The molecule has 0 atom stereocenters. The zero-order chi connectivity index (χ0) is 15.6. The molecule has 1 fully saturated rings. The maximum Gasteiger partial charge on any atom is 0.323 e. The minimum atomic E-state index is -2.81. The van der Waals surface area contributed by atoms with E-state index in [9.17, 15) is 13.6 Å². The predicted molar refractivity (Wildman–Crippen MR) is 80.1 cm³/mol. The summed E-state index contributed by atoms with van der Waals surface area (Å²) >= 11 is 1.03. The van der Waals surface area contributed by atoms with E-state index in [2.05, 4.69) is 14.7 Å². The van der Waals surface area contributed by atoms with Crippen LogP contribution in [0.2, 0.25) is 0 Å². The summed E-state index contributed by atoms with van der Waals surface area (Å²) in [4.78, 5) is 17.4. The van der Waals surface area contributed by atoms with Gasteiger partial charge in [0.2, 0.25) is 5.13 Å². The molecule has 1 N–H and O–H groups in total. The second-order valence-electron chi connectivity index (χ2n) is 5.10. The van der Waals surface area contributed by atoms with Crippen LogP contribution in [0, 0.1) is 0 Å². The van der Waals surface area contributed by atoms with Gasteiger partial charge in [-0.15, -0.1) is 0 Å². The largest absolute Gasteiger partial charge is 0.323 e. The van der Waals surface area contributed by atoms with Gasteiger partial charge in [-0.3, -0.25) is 5.32 Å². The van der Waals surface area contributed by atoms with Crippen molar-refractivity contribution in [3.8, 4) is 11.4 Å². The molecule has 1 aromatic heterocycles. The number of alkyl halides is 2. The number of piperidine rings is 1. The van der Waals surface area contributed by atoms with Gasteiger partial charge in [0.15, 0.2) is 5.82 Å². The highest BCUT2D eigenvalue weighted by molar-refractivity contribution is 7.10. The number of carbonyl (C=O) groups excluding carboxylic acids is 1. The number of hydrogen-bond donors (Lipinski definition) is 1. The molecular formula is C14H14F2N4OS. The van der Waals surface area contributed by atoms with E-state index in [1.165, 1.54) is 0 Å². The van der Waals surface area contributed by atoms with Crippen molar-refractivity contribution in [3.05, 3.63) is 30.3 Å². The van der Waals surface area contributed by atoms with Gasteiger partial charge in [-0.2, -0.15) is 9.36 Å². The highest BCUT2D eigenvalue weighted by Gasteiger charge is 2.37. The lowest BCUT2D eigenvalue weighted by Gasteiger charge is -2.32. The van der Waals surface area contributed by atoms with Crippen molar-refractivity contribution in [2.24, 2.45) is 0 Å². The summed E-state index contributed by atoms with van der Waals surface area (Å²) in [5.74, 6) is -2.31. The molecule has 3 rings (SSSR count). The summed E-state index contributed by atoms with van der Waals surface area (Å²) < 4.78 is 30.8. The van der Waals surface area contributed by atoms with E-state index >= 15 is 0 Å². The molecule has 2 aromatic rings. The standard InChI is InChI=1S/C14H14F2N4OS/c15-14(16)7-4-8-20(9-14)13(21)18-12-17-11(19-22-12)10-5-2-1-3-6-10/h1-3,5-6H,4,7-9H2,(H,17,18,19,21).